The van der Waals surface area contributed by atoms with Gasteiger partial charge in [-0.3, -0.25) is 9.59 Å². The Kier molecular flexibility index (Phi) is 4.19. The van der Waals surface area contributed by atoms with Gasteiger partial charge in [0.15, 0.2) is 0 Å². The van der Waals surface area contributed by atoms with E-state index in [9.17, 15) is 19.8 Å². The summed E-state index contributed by atoms with van der Waals surface area (Å²) in [5.74, 6) is -1.37. The summed E-state index contributed by atoms with van der Waals surface area (Å²) in [5, 5.41) is 23.7. The smallest absolute Gasteiger partial charge is 0.267 e. The summed E-state index contributed by atoms with van der Waals surface area (Å²) < 4.78 is 1.24. The van der Waals surface area contributed by atoms with Crippen molar-refractivity contribution in [3.8, 4) is 11.5 Å². The van der Waals surface area contributed by atoms with Gasteiger partial charge in [-0.15, -0.1) is 0 Å². The van der Waals surface area contributed by atoms with Crippen LogP contribution < -0.4 is 10.9 Å². The maximum atomic E-state index is 12.6. The van der Waals surface area contributed by atoms with E-state index in [1.807, 2.05) is 6.92 Å². The molecule has 2 aromatic carbocycles. The number of carbonyl (C=O) groups is 1. The molecule has 3 rings (SSSR count). The van der Waals surface area contributed by atoms with Crippen LogP contribution in [0.5, 0.6) is 11.5 Å². The van der Waals surface area contributed by atoms with Crippen molar-refractivity contribution < 1.29 is 15.0 Å². The number of phenols is 1. The molecule has 0 fully saturated rings. The Bertz CT molecular complexity index is 1020. The molecule has 0 radical (unpaired) electrons. The zero-order valence-corrected chi connectivity index (χ0v) is 13.9. The number of rotatable bonds is 3. The van der Waals surface area contributed by atoms with Crippen molar-refractivity contribution in [2.45, 2.75) is 13.3 Å². The number of aromatic hydroxyl groups is 2. The van der Waals surface area contributed by atoms with Crippen molar-refractivity contribution in [3.63, 3.8) is 0 Å². The second kappa shape index (κ2) is 6.32. The van der Waals surface area contributed by atoms with Crippen molar-refractivity contribution in [1.82, 2.24) is 4.57 Å². The van der Waals surface area contributed by atoms with Crippen LogP contribution in [0.4, 0.5) is 5.69 Å². The van der Waals surface area contributed by atoms with Crippen molar-refractivity contribution >= 4 is 22.5 Å². The van der Waals surface area contributed by atoms with E-state index in [0.29, 0.717) is 23.2 Å². The van der Waals surface area contributed by atoms with Gasteiger partial charge in [0.25, 0.3) is 11.5 Å². The first kappa shape index (κ1) is 16.6. The lowest BCUT2D eigenvalue weighted by molar-refractivity contribution is 0.102. The number of anilines is 1. The Morgan fingerprint density at radius 2 is 1.76 bits per heavy atom. The van der Waals surface area contributed by atoms with E-state index in [2.05, 4.69) is 5.32 Å². The number of carbonyl (C=O) groups excluding carboxylic acids is 1. The minimum Gasteiger partial charge on any atom is -0.507 e. The minimum atomic E-state index is -0.729. The normalized spacial score (nSPS) is 10.8. The third kappa shape index (κ3) is 2.71. The summed E-state index contributed by atoms with van der Waals surface area (Å²) in [6.07, 6.45) is 0.551. The van der Waals surface area contributed by atoms with E-state index in [-0.39, 0.29) is 11.1 Å². The molecule has 1 amide bonds. The van der Waals surface area contributed by atoms with E-state index >= 15 is 0 Å². The number of nitrogens with zero attached hydrogens (tertiary/aromatic N) is 1. The van der Waals surface area contributed by atoms with Crippen molar-refractivity contribution in [3.05, 3.63) is 63.9 Å². The van der Waals surface area contributed by atoms with Gasteiger partial charge >= 0.3 is 0 Å². The molecule has 0 aliphatic heterocycles. The van der Waals surface area contributed by atoms with E-state index < -0.39 is 22.8 Å². The maximum absolute atomic E-state index is 12.6. The molecule has 0 saturated heterocycles. The molecule has 0 saturated carbocycles. The zero-order valence-electron chi connectivity index (χ0n) is 13.9. The summed E-state index contributed by atoms with van der Waals surface area (Å²) >= 11 is 0. The highest BCUT2D eigenvalue weighted by Crippen LogP contribution is 2.36. The third-order valence-electron chi connectivity index (χ3n) is 4.23. The Hall–Kier alpha value is -3.28. The molecule has 0 aliphatic carbocycles. The molecular weight excluding hydrogens is 320 g/mol. The van der Waals surface area contributed by atoms with Gasteiger partial charge in [0, 0.05) is 12.7 Å². The minimum absolute atomic E-state index is 0.0969. The predicted molar refractivity (Wildman–Crippen MR) is 96.3 cm³/mol. The van der Waals surface area contributed by atoms with Crippen LogP contribution in [0.2, 0.25) is 0 Å². The number of benzene rings is 2. The average molecular weight is 338 g/mol. The molecule has 0 unspecified atom stereocenters. The van der Waals surface area contributed by atoms with Crippen LogP contribution in [0.1, 0.15) is 22.8 Å². The quantitative estimate of drug-likeness (QED) is 0.685. The van der Waals surface area contributed by atoms with E-state index in [4.69, 9.17) is 0 Å². The molecule has 128 valence electrons. The highest BCUT2D eigenvalue weighted by atomic mass is 16.3. The lowest BCUT2D eigenvalue weighted by Gasteiger charge is -2.14. The Labute approximate surface area is 144 Å². The van der Waals surface area contributed by atoms with Crippen LogP contribution in [-0.4, -0.2) is 20.7 Å². The SMILES string of the molecule is CCc1ccc2c(c1O)c(O)c(C(=O)Nc1ccccc1)c(=O)n2C. The summed E-state index contributed by atoms with van der Waals surface area (Å²) in [7, 11) is 1.49. The van der Waals surface area contributed by atoms with Gasteiger partial charge in [0.05, 0.1) is 10.9 Å². The molecule has 3 N–H and O–H groups in total. The van der Waals surface area contributed by atoms with Crippen LogP contribution in [0.3, 0.4) is 0 Å². The first-order valence-corrected chi connectivity index (χ1v) is 7.88. The Balaban J connectivity index is 2.23. The number of nitrogens with one attached hydrogen (secondary N) is 1. The third-order valence-corrected chi connectivity index (χ3v) is 4.23. The molecular formula is C19H18N2O4. The largest absolute Gasteiger partial charge is 0.507 e. The molecule has 0 aliphatic rings. The van der Waals surface area contributed by atoms with Crippen molar-refractivity contribution in [1.29, 1.82) is 0 Å². The monoisotopic (exact) mass is 338 g/mol. The first-order chi connectivity index (χ1) is 12.0. The van der Waals surface area contributed by atoms with Crippen LogP contribution >= 0.6 is 0 Å². The van der Waals surface area contributed by atoms with Crippen LogP contribution in [0.15, 0.2) is 47.3 Å². The van der Waals surface area contributed by atoms with Gasteiger partial charge in [-0.2, -0.15) is 0 Å². The van der Waals surface area contributed by atoms with Crippen molar-refractivity contribution in [2.75, 3.05) is 5.32 Å². The lowest BCUT2D eigenvalue weighted by Crippen LogP contribution is -2.28. The second-order valence-electron chi connectivity index (χ2n) is 5.73. The fourth-order valence-corrected chi connectivity index (χ4v) is 2.85. The highest BCUT2D eigenvalue weighted by molar-refractivity contribution is 6.10. The Morgan fingerprint density at radius 3 is 2.40 bits per heavy atom. The molecule has 0 atom stereocenters. The summed E-state index contributed by atoms with van der Waals surface area (Å²) in [6, 6.07) is 12.0. The number of fused-ring (bicyclic) bond motifs is 1. The number of pyridine rings is 1. The van der Waals surface area contributed by atoms with Crippen LogP contribution in [0, 0.1) is 0 Å². The molecule has 0 bridgehead atoms. The van der Waals surface area contributed by atoms with E-state index in [1.54, 1.807) is 42.5 Å². The first-order valence-electron chi connectivity index (χ1n) is 7.88. The van der Waals surface area contributed by atoms with Gasteiger partial charge < -0.3 is 20.1 Å². The van der Waals surface area contributed by atoms with Gasteiger partial charge in [-0.1, -0.05) is 31.2 Å². The van der Waals surface area contributed by atoms with E-state index in [1.165, 1.54) is 11.6 Å². The van der Waals surface area contributed by atoms with E-state index in [0.717, 1.165) is 0 Å². The molecule has 6 heteroatoms. The average Bonchev–Trinajstić information content (AvgIpc) is 2.60. The number of hydrogen-bond donors (Lipinski definition) is 3. The molecule has 1 aromatic heterocycles. The Morgan fingerprint density at radius 1 is 1.08 bits per heavy atom. The number of aryl methyl sites for hydroxylation is 2. The van der Waals surface area contributed by atoms with Gasteiger partial charge in [0.1, 0.15) is 17.1 Å². The summed E-state index contributed by atoms with van der Waals surface area (Å²) in [5.41, 5.74) is 0.439. The number of para-hydroxylation sites is 1. The topological polar surface area (TPSA) is 91.6 Å². The lowest BCUT2D eigenvalue weighted by atomic mass is 10.0. The molecule has 1 heterocycles. The van der Waals surface area contributed by atoms with Crippen LogP contribution in [-0.2, 0) is 13.5 Å². The number of aromatic nitrogens is 1. The number of hydrogen-bond acceptors (Lipinski definition) is 4. The maximum Gasteiger partial charge on any atom is 0.267 e. The van der Waals surface area contributed by atoms with Gasteiger partial charge in [-0.25, -0.2) is 0 Å². The summed E-state index contributed by atoms with van der Waals surface area (Å²) in [6.45, 7) is 1.86. The highest BCUT2D eigenvalue weighted by Gasteiger charge is 2.23. The van der Waals surface area contributed by atoms with Crippen LogP contribution in [0.25, 0.3) is 10.9 Å². The molecule has 0 spiro atoms. The number of amides is 1. The molecule has 6 nitrogen and oxygen atoms in total. The fraction of sp³-hybridized carbons (Fsp3) is 0.158. The fourth-order valence-electron chi connectivity index (χ4n) is 2.85. The summed E-state index contributed by atoms with van der Waals surface area (Å²) in [4.78, 5) is 25.1. The van der Waals surface area contributed by atoms with Crippen molar-refractivity contribution in [2.24, 2.45) is 7.05 Å². The second-order valence-corrected chi connectivity index (χ2v) is 5.73. The van der Waals surface area contributed by atoms with Gasteiger partial charge in [0.2, 0.25) is 0 Å². The zero-order chi connectivity index (χ0) is 18.1. The number of phenolic OH excluding ortho intramolecular Hbond substituents is 1. The molecule has 3 aromatic rings. The predicted octanol–water partition coefficient (Wildman–Crippen LogP) is 2.76. The van der Waals surface area contributed by atoms with Gasteiger partial charge in [-0.05, 0) is 30.2 Å². The molecule has 25 heavy (non-hydrogen) atoms. The standard InChI is InChI=1S/C19H18N2O4/c1-3-11-9-10-13-14(16(11)22)17(23)15(19(25)21(13)2)18(24)20-12-7-5-4-6-8-12/h4-10,22-23H,3H2,1-2H3,(H,20,24).